The topological polar surface area (TPSA) is 39.1 Å². The van der Waals surface area contributed by atoms with Crippen molar-refractivity contribution in [2.75, 3.05) is 25.6 Å². The Morgan fingerprint density at radius 2 is 2.21 bits per heavy atom. The van der Waals surface area contributed by atoms with Crippen molar-refractivity contribution < 1.29 is 4.74 Å². The van der Waals surface area contributed by atoms with Gasteiger partial charge in [0.2, 0.25) is 5.95 Å². The first-order valence-electron chi connectivity index (χ1n) is 7.47. The van der Waals surface area contributed by atoms with E-state index in [9.17, 15) is 0 Å². The molecule has 0 bridgehead atoms. The molecular weight excluding hydrogens is 238 g/mol. The summed E-state index contributed by atoms with van der Waals surface area (Å²) in [4.78, 5) is 4.57. The van der Waals surface area contributed by atoms with Crippen LogP contribution in [0.5, 0.6) is 0 Å². The van der Waals surface area contributed by atoms with E-state index >= 15 is 0 Å². The third-order valence-corrected chi connectivity index (χ3v) is 4.24. The Balaban J connectivity index is 1.90. The van der Waals surface area contributed by atoms with Crippen LogP contribution in [0.15, 0.2) is 6.20 Å². The van der Waals surface area contributed by atoms with Crippen LogP contribution in [0.2, 0.25) is 0 Å². The molecule has 2 atom stereocenters. The number of nitrogens with zero attached hydrogens (tertiary/aromatic N) is 2. The molecule has 1 aromatic rings. The highest BCUT2D eigenvalue weighted by molar-refractivity contribution is 5.28. The molecule has 1 aliphatic carbocycles. The molecular formula is C15H27N3O. The second-order valence-electron chi connectivity index (χ2n) is 5.79. The third-order valence-electron chi connectivity index (χ3n) is 4.24. The number of rotatable bonds is 6. The molecule has 0 spiro atoms. The van der Waals surface area contributed by atoms with Gasteiger partial charge in [-0.3, -0.25) is 0 Å². The van der Waals surface area contributed by atoms with Crippen molar-refractivity contribution in [3.05, 3.63) is 11.9 Å². The highest BCUT2D eigenvalue weighted by Gasteiger charge is 2.21. The predicted octanol–water partition coefficient (Wildman–Crippen LogP) is 3.08. The second kappa shape index (κ2) is 6.94. The van der Waals surface area contributed by atoms with E-state index in [1.54, 1.807) is 7.11 Å². The molecule has 4 heteroatoms. The van der Waals surface area contributed by atoms with Crippen LogP contribution in [0.4, 0.5) is 5.95 Å². The Labute approximate surface area is 116 Å². The van der Waals surface area contributed by atoms with Crippen molar-refractivity contribution in [3.8, 4) is 0 Å². The lowest BCUT2D eigenvalue weighted by molar-refractivity contribution is 0.187. The van der Waals surface area contributed by atoms with Gasteiger partial charge in [-0.1, -0.05) is 26.2 Å². The van der Waals surface area contributed by atoms with E-state index in [1.165, 1.54) is 25.7 Å². The largest absolute Gasteiger partial charge is 0.383 e. The minimum atomic E-state index is 0.726. The molecule has 4 nitrogen and oxygen atoms in total. The fraction of sp³-hybridized carbons (Fsp3) is 0.800. The van der Waals surface area contributed by atoms with Gasteiger partial charge >= 0.3 is 0 Å². The SMILES string of the molecule is COCCn1cc(C)nc1NCC1CCCCC1C. The first-order valence-corrected chi connectivity index (χ1v) is 7.47. The average Bonchev–Trinajstić information content (AvgIpc) is 2.76. The Morgan fingerprint density at radius 3 is 2.95 bits per heavy atom. The second-order valence-corrected chi connectivity index (χ2v) is 5.79. The summed E-state index contributed by atoms with van der Waals surface area (Å²) >= 11 is 0. The van der Waals surface area contributed by atoms with Gasteiger partial charge in [-0.2, -0.15) is 0 Å². The lowest BCUT2D eigenvalue weighted by Crippen LogP contribution is -2.25. The van der Waals surface area contributed by atoms with Crippen molar-refractivity contribution in [1.29, 1.82) is 0 Å². The number of imidazole rings is 1. The summed E-state index contributed by atoms with van der Waals surface area (Å²) in [5.74, 6) is 2.62. The molecule has 0 aromatic carbocycles. The molecule has 1 aliphatic rings. The molecule has 1 N–H and O–H groups in total. The molecule has 1 aromatic heterocycles. The maximum absolute atomic E-state index is 5.15. The quantitative estimate of drug-likeness (QED) is 0.859. The fourth-order valence-corrected chi connectivity index (χ4v) is 2.97. The van der Waals surface area contributed by atoms with E-state index < -0.39 is 0 Å². The van der Waals surface area contributed by atoms with Crippen LogP contribution in [0.25, 0.3) is 0 Å². The van der Waals surface area contributed by atoms with Gasteiger partial charge in [0.15, 0.2) is 0 Å². The summed E-state index contributed by atoms with van der Waals surface area (Å²) in [5, 5.41) is 3.54. The zero-order chi connectivity index (χ0) is 13.7. The van der Waals surface area contributed by atoms with Crippen molar-refractivity contribution >= 4 is 5.95 Å². The molecule has 0 radical (unpaired) electrons. The van der Waals surface area contributed by atoms with Gasteiger partial charge in [-0.15, -0.1) is 0 Å². The Morgan fingerprint density at radius 1 is 1.42 bits per heavy atom. The van der Waals surface area contributed by atoms with Crippen LogP contribution in [-0.4, -0.2) is 29.8 Å². The Kier molecular flexibility index (Phi) is 5.25. The zero-order valence-electron chi connectivity index (χ0n) is 12.5. The fourth-order valence-electron chi connectivity index (χ4n) is 2.97. The van der Waals surface area contributed by atoms with Crippen LogP contribution in [0, 0.1) is 18.8 Å². The summed E-state index contributed by atoms with van der Waals surface area (Å²) in [7, 11) is 1.74. The average molecular weight is 265 g/mol. The van der Waals surface area contributed by atoms with Gasteiger partial charge in [0.25, 0.3) is 0 Å². The number of ether oxygens (including phenoxy) is 1. The summed E-state index contributed by atoms with van der Waals surface area (Å²) in [6.07, 6.45) is 7.61. The molecule has 1 saturated carbocycles. The summed E-state index contributed by atoms with van der Waals surface area (Å²) in [6, 6.07) is 0. The molecule has 0 saturated heterocycles. The highest BCUT2D eigenvalue weighted by atomic mass is 16.5. The van der Waals surface area contributed by atoms with Gasteiger partial charge in [0.1, 0.15) is 0 Å². The Hall–Kier alpha value is -1.03. The van der Waals surface area contributed by atoms with Crippen molar-refractivity contribution in [2.45, 2.75) is 46.1 Å². The van der Waals surface area contributed by atoms with Gasteiger partial charge in [0.05, 0.1) is 12.3 Å². The van der Waals surface area contributed by atoms with Gasteiger partial charge < -0.3 is 14.6 Å². The van der Waals surface area contributed by atoms with Gasteiger partial charge in [0, 0.05) is 26.4 Å². The number of aromatic nitrogens is 2. The maximum atomic E-state index is 5.15. The standard InChI is InChI=1S/C15H27N3O/c1-12-6-4-5-7-14(12)10-16-15-17-13(2)11-18(15)8-9-19-3/h11-12,14H,4-10H2,1-3H3,(H,16,17). The van der Waals surface area contributed by atoms with E-state index in [-0.39, 0.29) is 0 Å². The molecule has 19 heavy (non-hydrogen) atoms. The van der Waals surface area contributed by atoms with E-state index in [4.69, 9.17) is 4.74 Å². The van der Waals surface area contributed by atoms with Gasteiger partial charge in [-0.05, 0) is 25.2 Å². The van der Waals surface area contributed by atoms with E-state index in [2.05, 4.69) is 28.0 Å². The van der Waals surface area contributed by atoms with Crippen LogP contribution in [0.1, 0.15) is 38.3 Å². The maximum Gasteiger partial charge on any atom is 0.203 e. The van der Waals surface area contributed by atoms with E-state index in [0.717, 1.165) is 43.2 Å². The van der Waals surface area contributed by atoms with Crippen molar-refractivity contribution in [1.82, 2.24) is 9.55 Å². The minimum absolute atomic E-state index is 0.726. The monoisotopic (exact) mass is 265 g/mol. The number of aryl methyl sites for hydroxylation is 1. The summed E-state index contributed by atoms with van der Waals surface area (Å²) in [6.45, 7) is 7.06. The predicted molar refractivity (Wildman–Crippen MR) is 78.5 cm³/mol. The first kappa shape index (κ1) is 14.4. The summed E-state index contributed by atoms with van der Waals surface area (Å²) in [5.41, 5.74) is 1.07. The zero-order valence-corrected chi connectivity index (χ0v) is 12.5. The summed E-state index contributed by atoms with van der Waals surface area (Å²) < 4.78 is 7.30. The third kappa shape index (κ3) is 3.96. The number of hydrogen-bond donors (Lipinski definition) is 1. The molecule has 0 amide bonds. The van der Waals surface area contributed by atoms with Gasteiger partial charge in [-0.25, -0.2) is 4.98 Å². The molecule has 0 aliphatic heterocycles. The molecule has 2 unspecified atom stereocenters. The Bertz CT molecular complexity index is 389. The normalized spacial score (nSPS) is 23.5. The number of nitrogens with one attached hydrogen (secondary N) is 1. The number of anilines is 1. The first-order chi connectivity index (χ1) is 9.20. The number of methoxy groups -OCH3 is 1. The van der Waals surface area contributed by atoms with Crippen LogP contribution < -0.4 is 5.32 Å². The lowest BCUT2D eigenvalue weighted by atomic mass is 9.80. The van der Waals surface area contributed by atoms with Crippen molar-refractivity contribution in [2.24, 2.45) is 11.8 Å². The minimum Gasteiger partial charge on any atom is -0.383 e. The molecule has 1 heterocycles. The molecule has 1 fully saturated rings. The number of hydrogen-bond acceptors (Lipinski definition) is 3. The highest BCUT2D eigenvalue weighted by Crippen LogP contribution is 2.29. The van der Waals surface area contributed by atoms with Crippen LogP contribution in [0.3, 0.4) is 0 Å². The molecule has 2 rings (SSSR count). The van der Waals surface area contributed by atoms with Crippen LogP contribution >= 0.6 is 0 Å². The lowest BCUT2D eigenvalue weighted by Gasteiger charge is -2.29. The van der Waals surface area contributed by atoms with E-state index in [1.807, 2.05) is 6.92 Å². The van der Waals surface area contributed by atoms with E-state index in [0.29, 0.717) is 0 Å². The smallest absolute Gasteiger partial charge is 0.203 e. The van der Waals surface area contributed by atoms with Crippen LogP contribution in [-0.2, 0) is 11.3 Å². The molecule has 108 valence electrons. The van der Waals surface area contributed by atoms with Crippen molar-refractivity contribution in [3.63, 3.8) is 0 Å².